The van der Waals surface area contributed by atoms with E-state index < -0.39 is 115 Å². The molecular weight excluding hydrogens is 728 g/mol. The first kappa shape index (κ1) is 32.7. The van der Waals surface area contributed by atoms with Gasteiger partial charge in [0.15, 0.2) is 57.8 Å². The van der Waals surface area contributed by atoms with Crippen molar-refractivity contribution in [3.8, 4) is 22.5 Å². The first-order valence-corrected chi connectivity index (χ1v) is 14.0. The monoisotopic (exact) mass is 734 g/mol. The molecule has 10 nitrogen and oxygen atoms in total. The molecule has 0 N–H and O–H groups in total. The standard InChI is InChI=1S/C30H6F12N10/c1-3-4(2)44-20-19(43-3)21-24(50-30-27(47-21)45-17(26(42)52-30)5-7(31)11(35)15(39)12(36)8(5)32)23-22(20)49-29-28(48-23)46-18(25(41)51-29)6-9(33)13(37)16(40)14(38)10(6)34/h1-2H3. The second kappa shape index (κ2) is 11.0. The number of hydrogen-bond acceptors (Lipinski definition) is 10. The third-order valence-corrected chi connectivity index (χ3v) is 7.83. The molecular formula is C30H6F12N10. The van der Waals surface area contributed by atoms with Crippen LogP contribution in [-0.4, -0.2) is 49.8 Å². The van der Waals surface area contributed by atoms with Crippen molar-refractivity contribution >= 4 is 55.7 Å². The molecule has 3 aromatic carbocycles. The molecule has 0 aliphatic carbocycles. The van der Waals surface area contributed by atoms with Crippen LogP contribution in [0.15, 0.2) is 0 Å². The molecule has 0 amide bonds. The van der Waals surface area contributed by atoms with E-state index in [0.717, 1.165) is 0 Å². The van der Waals surface area contributed by atoms with E-state index in [1.165, 1.54) is 13.8 Å². The highest BCUT2D eigenvalue weighted by atomic mass is 19.2. The molecule has 0 fully saturated rings. The van der Waals surface area contributed by atoms with E-state index in [1.54, 1.807) is 0 Å². The molecule has 0 aliphatic rings. The molecule has 0 radical (unpaired) electrons. The zero-order valence-electron chi connectivity index (χ0n) is 25.0. The van der Waals surface area contributed by atoms with Crippen LogP contribution in [0.4, 0.5) is 52.7 Å². The second-order valence-corrected chi connectivity index (χ2v) is 10.8. The lowest BCUT2D eigenvalue weighted by Crippen LogP contribution is -2.09. The summed E-state index contributed by atoms with van der Waals surface area (Å²) >= 11 is 0. The van der Waals surface area contributed by atoms with Gasteiger partial charge in [0.05, 0.1) is 22.5 Å². The van der Waals surface area contributed by atoms with Gasteiger partial charge in [0.2, 0.25) is 34.8 Å². The topological polar surface area (TPSA) is 129 Å². The van der Waals surface area contributed by atoms with Crippen molar-refractivity contribution in [3.05, 3.63) is 81.5 Å². The summed E-state index contributed by atoms with van der Waals surface area (Å²) in [6.07, 6.45) is 0. The first-order valence-electron chi connectivity index (χ1n) is 14.0. The van der Waals surface area contributed by atoms with E-state index in [4.69, 9.17) is 0 Å². The van der Waals surface area contributed by atoms with Gasteiger partial charge in [-0.1, -0.05) is 0 Å². The summed E-state index contributed by atoms with van der Waals surface area (Å²) in [5, 5.41) is 0. The van der Waals surface area contributed by atoms with Crippen LogP contribution in [0.3, 0.4) is 0 Å². The lowest BCUT2D eigenvalue weighted by molar-refractivity contribution is 0.380. The van der Waals surface area contributed by atoms with Crippen molar-refractivity contribution in [2.75, 3.05) is 0 Å². The summed E-state index contributed by atoms with van der Waals surface area (Å²) < 4.78 is 172. The van der Waals surface area contributed by atoms with E-state index in [0.29, 0.717) is 11.4 Å². The Hall–Kier alpha value is -6.48. The summed E-state index contributed by atoms with van der Waals surface area (Å²) in [7, 11) is 0. The lowest BCUT2D eigenvalue weighted by atomic mass is 10.1. The minimum atomic E-state index is -2.52. The molecule has 0 unspecified atom stereocenters. The highest BCUT2D eigenvalue weighted by molar-refractivity contribution is 6.19. The number of aryl methyl sites for hydroxylation is 2. The fourth-order valence-corrected chi connectivity index (χ4v) is 5.27. The molecule has 0 atom stereocenters. The third kappa shape index (κ3) is 4.41. The van der Waals surface area contributed by atoms with Crippen LogP contribution in [0.1, 0.15) is 11.4 Å². The minimum absolute atomic E-state index is 0.130. The average Bonchev–Trinajstić information content (AvgIpc) is 3.11. The molecule has 0 spiro atoms. The van der Waals surface area contributed by atoms with Crippen LogP contribution in [0.5, 0.6) is 0 Å². The van der Waals surface area contributed by atoms with Gasteiger partial charge in [0.1, 0.15) is 44.5 Å². The van der Waals surface area contributed by atoms with Crippen LogP contribution < -0.4 is 0 Å². The molecule has 22 heteroatoms. The van der Waals surface area contributed by atoms with Gasteiger partial charge in [-0.3, -0.25) is 0 Å². The van der Waals surface area contributed by atoms with E-state index in [2.05, 4.69) is 49.8 Å². The summed E-state index contributed by atoms with van der Waals surface area (Å²) in [5.41, 5.74) is -10.2. The first-order chi connectivity index (χ1) is 24.6. The second-order valence-electron chi connectivity index (χ2n) is 10.8. The highest BCUT2D eigenvalue weighted by Crippen LogP contribution is 2.36. The maximum atomic E-state index is 15.2. The zero-order valence-corrected chi connectivity index (χ0v) is 25.0. The van der Waals surface area contributed by atoms with Crippen LogP contribution in [0, 0.1) is 83.9 Å². The van der Waals surface area contributed by atoms with Gasteiger partial charge < -0.3 is 0 Å². The Morgan fingerprint density at radius 1 is 0.269 bits per heavy atom. The molecule has 8 rings (SSSR count). The van der Waals surface area contributed by atoms with Crippen LogP contribution in [-0.2, 0) is 0 Å². The number of aromatic nitrogens is 10. The number of nitrogens with zero attached hydrogens (tertiary/aromatic N) is 10. The van der Waals surface area contributed by atoms with Gasteiger partial charge in [0.25, 0.3) is 0 Å². The Morgan fingerprint density at radius 2 is 0.500 bits per heavy atom. The van der Waals surface area contributed by atoms with Crippen LogP contribution >= 0.6 is 0 Å². The number of halogens is 12. The predicted molar refractivity (Wildman–Crippen MR) is 152 cm³/mol. The van der Waals surface area contributed by atoms with Crippen molar-refractivity contribution in [1.82, 2.24) is 49.8 Å². The molecule has 0 saturated heterocycles. The predicted octanol–water partition coefficient (Wildman–Crippen LogP) is 7.02. The smallest absolute Gasteiger partial charge is 0.241 e. The Balaban J connectivity index is 1.47. The van der Waals surface area contributed by atoms with Gasteiger partial charge in [-0.05, 0) is 13.8 Å². The van der Waals surface area contributed by atoms with Crippen molar-refractivity contribution in [3.63, 3.8) is 0 Å². The van der Waals surface area contributed by atoms with Gasteiger partial charge in [-0.2, -0.15) is 18.7 Å². The van der Waals surface area contributed by atoms with E-state index in [1.807, 2.05) is 0 Å². The van der Waals surface area contributed by atoms with Gasteiger partial charge in [-0.15, -0.1) is 0 Å². The molecule has 52 heavy (non-hydrogen) atoms. The maximum absolute atomic E-state index is 15.2. The SMILES string of the molecule is Cc1nc2c(nc1C)c1nc3nc(F)c(-c4c(F)c(F)c(F)c(F)c4F)nc3nc1c1nc3nc(F)c(-c4c(F)c(F)c(F)c(F)c4F)nc3nc21. The molecule has 5 heterocycles. The Labute approximate surface area is 276 Å². The third-order valence-electron chi connectivity index (χ3n) is 7.83. The van der Waals surface area contributed by atoms with Crippen LogP contribution in [0.25, 0.3) is 78.2 Å². The minimum Gasteiger partial charge on any atom is -0.247 e. The van der Waals surface area contributed by atoms with Gasteiger partial charge in [-0.25, -0.2) is 83.8 Å². The quantitative estimate of drug-likeness (QED) is 0.0601. The summed E-state index contributed by atoms with van der Waals surface area (Å²) in [6.45, 7) is 3.05. The Bertz CT molecular complexity index is 2920. The number of rotatable bonds is 2. The Morgan fingerprint density at radius 3 is 0.788 bits per heavy atom. The van der Waals surface area contributed by atoms with Crippen LogP contribution in [0.2, 0.25) is 0 Å². The molecule has 0 saturated carbocycles. The van der Waals surface area contributed by atoms with Crippen molar-refractivity contribution in [1.29, 1.82) is 0 Å². The maximum Gasteiger partial charge on any atom is 0.241 e. The normalized spacial score (nSPS) is 12.0. The zero-order chi connectivity index (χ0) is 37.2. The summed E-state index contributed by atoms with van der Waals surface area (Å²) in [6, 6.07) is 0. The van der Waals surface area contributed by atoms with Crippen molar-refractivity contribution in [2.45, 2.75) is 13.8 Å². The number of benzene rings is 3. The molecule has 5 aromatic heterocycles. The molecule has 260 valence electrons. The average molecular weight is 734 g/mol. The van der Waals surface area contributed by atoms with Crippen molar-refractivity contribution < 1.29 is 52.7 Å². The summed E-state index contributed by atoms with van der Waals surface area (Å²) in [4.78, 5) is 39.6. The molecule has 0 aliphatic heterocycles. The largest absolute Gasteiger partial charge is 0.247 e. The van der Waals surface area contributed by atoms with Gasteiger partial charge >= 0.3 is 0 Å². The van der Waals surface area contributed by atoms with E-state index in [9.17, 15) is 43.9 Å². The molecule has 0 bridgehead atoms. The summed E-state index contributed by atoms with van der Waals surface area (Å²) in [5.74, 6) is -28.0. The fraction of sp³-hybridized carbons (Fsp3) is 0.0667. The Kier molecular flexibility index (Phi) is 6.92. The van der Waals surface area contributed by atoms with E-state index >= 15 is 8.78 Å². The number of fused-ring (bicyclic) bond motifs is 8. The van der Waals surface area contributed by atoms with Gasteiger partial charge in [0, 0.05) is 0 Å². The fourth-order valence-electron chi connectivity index (χ4n) is 5.27. The van der Waals surface area contributed by atoms with E-state index in [-0.39, 0.29) is 33.1 Å². The molecule has 8 aromatic rings. The van der Waals surface area contributed by atoms with Crippen molar-refractivity contribution in [2.24, 2.45) is 0 Å². The highest BCUT2D eigenvalue weighted by Gasteiger charge is 2.32. The number of hydrogen-bond donors (Lipinski definition) is 0. The lowest BCUT2D eigenvalue weighted by Gasteiger charge is -2.12.